The lowest BCUT2D eigenvalue weighted by molar-refractivity contribution is -0.0220. The van der Waals surface area contributed by atoms with Crippen molar-refractivity contribution in [3.05, 3.63) is 16.1 Å². The molecule has 2 rings (SSSR count). The van der Waals surface area contributed by atoms with E-state index in [9.17, 15) is 8.78 Å². The Balaban J connectivity index is 2.30. The fourth-order valence-corrected chi connectivity index (χ4v) is 2.43. The number of benzene rings is 1. The predicted octanol–water partition coefficient (Wildman–Crippen LogP) is 3.39. The van der Waals surface area contributed by atoms with Crippen LogP contribution in [0.3, 0.4) is 0 Å². The molecule has 0 radical (unpaired) electrons. The van der Waals surface area contributed by atoms with Gasteiger partial charge in [0.25, 0.3) is 5.92 Å². The highest BCUT2D eigenvalue weighted by Gasteiger charge is 2.34. The van der Waals surface area contributed by atoms with Crippen LogP contribution in [0.15, 0.2) is 6.07 Å². The van der Waals surface area contributed by atoms with E-state index in [2.05, 4.69) is 0 Å². The summed E-state index contributed by atoms with van der Waals surface area (Å²) in [5.74, 6) is -2.61. The second-order valence-corrected chi connectivity index (χ2v) is 5.15. The van der Waals surface area contributed by atoms with Gasteiger partial charge >= 0.3 is 0 Å². The van der Waals surface area contributed by atoms with Gasteiger partial charge in [0.2, 0.25) is 0 Å². The van der Waals surface area contributed by atoms with E-state index < -0.39 is 5.92 Å². The van der Waals surface area contributed by atoms with Gasteiger partial charge in [0.05, 0.1) is 27.1 Å². The first kappa shape index (κ1) is 13.5. The molecule has 0 amide bonds. The molecule has 1 aliphatic heterocycles. The van der Waals surface area contributed by atoms with Crippen molar-refractivity contribution in [2.45, 2.75) is 18.8 Å². The number of nitrogens with two attached hydrogens (primary N) is 2. The number of hydrogen-bond acceptors (Lipinski definition) is 3. The van der Waals surface area contributed by atoms with Crippen LogP contribution in [0.4, 0.5) is 25.8 Å². The van der Waals surface area contributed by atoms with E-state index in [-0.39, 0.29) is 47.4 Å². The lowest BCUT2D eigenvalue weighted by atomic mass is 10.1. The third kappa shape index (κ3) is 2.42. The molecule has 1 aromatic carbocycles. The molecule has 0 aliphatic carbocycles. The van der Waals surface area contributed by atoms with Crippen LogP contribution in [0.25, 0.3) is 0 Å². The summed E-state index contributed by atoms with van der Waals surface area (Å²) in [4.78, 5) is 1.75. The van der Waals surface area contributed by atoms with Crippen LogP contribution in [0.1, 0.15) is 12.8 Å². The predicted molar refractivity (Wildman–Crippen MR) is 71.7 cm³/mol. The Kier molecular flexibility index (Phi) is 3.47. The number of piperidine rings is 1. The van der Waals surface area contributed by atoms with Crippen LogP contribution in [0, 0.1) is 0 Å². The molecular formula is C11H13Cl2F2N3. The second kappa shape index (κ2) is 4.63. The van der Waals surface area contributed by atoms with Crippen molar-refractivity contribution in [3.8, 4) is 0 Å². The van der Waals surface area contributed by atoms with E-state index in [1.807, 2.05) is 0 Å². The van der Waals surface area contributed by atoms with E-state index in [4.69, 9.17) is 34.7 Å². The summed E-state index contributed by atoms with van der Waals surface area (Å²) in [5.41, 5.74) is 12.3. The third-order valence-corrected chi connectivity index (χ3v) is 3.82. The van der Waals surface area contributed by atoms with Crippen LogP contribution < -0.4 is 16.4 Å². The number of nitrogens with zero attached hydrogens (tertiary/aromatic N) is 1. The molecule has 0 unspecified atom stereocenters. The first-order valence-corrected chi connectivity index (χ1v) is 6.23. The van der Waals surface area contributed by atoms with Crippen molar-refractivity contribution < 1.29 is 8.78 Å². The highest BCUT2D eigenvalue weighted by Crippen LogP contribution is 2.41. The van der Waals surface area contributed by atoms with E-state index in [0.29, 0.717) is 5.69 Å². The summed E-state index contributed by atoms with van der Waals surface area (Å²) >= 11 is 12.0. The summed E-state index contributed by atoms with van der Waals surface area (Å²) in [6, 6.07) is 1.57. The minimum absolute atomic E-state index is 0.191. The van der Waals surface area contributed by atoms with Gasteiger partial charge in [-0.2, -0.15) is 0 Å². The molecule has 0 atom stereocenters. The van der Waals surface area contributed by atoms with Crippen LogP contribution >= 0.6 is 23.2 Å². The van der Waals surface area contributed by atoms with Crippen molar-refractivity contribution in [1.29, 1.82) is 0 Å². The number of alkyl halides is 2. The maximum Gasteiger partial charge on any atom is 0.251 e. The number of halogens is 4. The van der Waals surface area contributed by atoms with Crippen LogP contribution in [-0.2, 0) is 0 Å². The standard InChI is InChI=1S/C11H13Cl2F2N3/c12-6-5-7(8(13)10(17)9(6)16)18-3-1-11(14,15)2-4-18/h5H,1-4,16-17H2. The Labute approximate surface area is 114 Å². The Hall–Kier alpha value is -0.940. The van der Waals surface area contributed by atoms with Gasteiger partial charge in [-0.05, 0) is 6.07 Å². The maximum atomic E-state index is 13.1. The van der Waals surface area contributed by atoms with E-state index in [1.165, 1.54) is 0 Å². The van der Waals surface area contributed by atoms with Crippen molar-refractivity contribution in [2.24, 2.45) is 0 Å². The average molecular weight is 296 g/mol. The molecule has 3 nitrogen and oxygen atoms in total. The summed E-state index contributed by atoms with van der Waals surface area (Å²) in [5, 5.41) is 0.548. The van der Waals surface area contributed by atoms with Gasteiger partial charge in [-0.1, -0.05) is 23.2 Å². The van der Waals surface area contributed by atoms with Gasteiger partial charge in [-0.15, -0.1) is 0 Å². The number of rotatable bonds is 1. The Morgan fingerprint density at radius 1 is 1.11 bits per heavy atom. The molecule has 100 valence electrons. The van der Waals surface area contributed by atoms with E-state index >= 15 is 0 Å². The second-order valence-electron chi connectivity index (χ2n) is 4.36. The van der Waals surface area contributed by atoms with Crippen molar-refractivity contribution in [2.75, 3.05) is 29.5 Å². The lowest BCUT2D eigenvalue weighted by Crippen LogP contribution is -2.39. The molecule has 0 saturated carbocycles. The van der Waals surface area contributed by atoms with Crippen molar-refractivity contribution in [3.63, 3.8) is 0 Å². The molecule has 1 aliphatic rings. The zero-order chi connectivity index (χ0) is 13.5. The minimum Gasteiger partial charge on any atom is -0.396 e. The molecule has 1 heterocycles. The quantitative estimate of drug-likeness (QED) is 0.781. The summed E-state index contributed by atoms with van der Waals surface area (Å²) < 4.78 is 26.2. The molecule has 7 heteroatoms. The first-order valence-electron chi connectivity index (χ1n) is 5.47. The normalized spacial score (nSPS) is 19.0. The first-order chi connectivity index (χ1) is 8.32. The van der Waals surface area contributed by atoms with Crippen LogP contribution in [0.2, 0.25) is 10.0 Å². The molecular weight excluding hydrogens is 283 g/mol. The van der Waals surface area contributed by atoms with Crippen molar-refractivity contribution in [1.82, 2.24) is 0 Å². The van der Waals surface area contributed by atoms with Gasteiger partial charge < -0.3 is 16.4 Å². The fraction of sp³-hybridized carbons (Fsp3) is 0.455. The van der Waals surface area contributed by atoms with Gasteiger partial charge in [-0.3, -0.25) is 0 Å². The molecule has 18 heavy (non-hydrogen) atoms. The number of nitrogen functional groups attached to an aromatic ring is 2. The van der Waals surface area contributed by atoms with Gasteiger partial charge in [-0.25, -0.2) is 8.78 Å². The molecule has 0 aromatic heterocycles. The molecule has 4 N–H and O–H groups in total. The monoisotopic (exact) mass is 295 g/mol. The summed E-state index contributed by atoms with van der Waals surface area (Å²) in [6.07, 6.45) is -0.406. The molecule has 1 fully saturated rings. The Morgan fingerprint density at radius 3 is 2.22 bits per heavy atom. The van der Waals surface area contributed by atoms with Crippen molar-refractivity contribution >= 4 is 40.3 Å². The largest absolute Gasteiger partial charge is 0.396 e. The molecule has 0 bridgehead atoms. The number of hydrogen-bond donors (Lipinski definition) is 2. The Morgan fingerprint density at radius 2 is 1.67 bits per heavy atom. The minimum atomic E-state index is -2.61. The topological polar surface area (TPSA) is 55.3 Å². The van der Waals surface area contributed by atoms with E-state index in [1.54, 1.807) is 11.0 Å². The molecule has 1 saturated heterocycles. The van der Waals surface area contributed by atoms with Crippen LogP contribution in [-0.4, -0.2) is 19.0 Å². The average Bonchev–Trinajstić information content (AvgIpc) is 2.32. The van der Waals surface area contributed by atoms with Crippen LogP contribution in [0.5, 0.6) is 0 Å². The SMILES string of the molecule is Nc1c(Cl)cc(N2CCC(F)(F)CC2)c(Cl)c1N. The molecule has 0 spiro atoms. The van der Waals surface area contributed by atoms with Gasteiger partial charge in [0, 0.05) is 25.9 Å². The fourth-order valence-electron chi connectivity index (χ4n) is 1.95. The van der Waals surface area contributed by atoms with E-state index in [0.717, 1.165) is 0 Å². The zero-order valence-electron chi connectivity index (χ0n) is 9.52. The highest BCUT2D eigenvalue weighted by molar-refractivity contribution is 6.40. The maximum absolute atomic E-state index is 13.1. The smallest absolute Gasteiger partial charge is 0.251 e. The Bertz CT molecular complexity index is 470. The lowest BCUT2D eigenvalue weighted by Gasteiger charge is -2.34. The highest BCUT2D eigenvalue weighted by atomic mass is 35.5. The number of anilines is 3. The summed E-state index contributed by atoms with van der Waals surface area (Å²) in [7, 11) is 0. The zero-order valence-corrected chi connectivity index (χ0v) is 11.0. The van der Waals surface area contributed by atoms with Gasteiger partial charge in [0.1, 0.15) is 0 Å². The van der Waals surface area contributed by atoms with Gasteiger partial charge in [0.15, 0.2) is 0 Å². The molecule has 1 aromatic rings. The third-order valence-electron chi connectivity index (χ3n) is 3.11. The summed E-state index contributed by atoms with van der Waals surface area (Å²) in [6.45, 7) is 0.429.